The zero-order valence-electron chi connectivity index (χ0n) is 14.9. The molecule has 2 heterocycles. The molecule has 2 aromatic rings. The number of benzene rings is 1. The van der Waals surface area contributed by atoms with Gasteiger partial charge in [-0.15, -0.1) is 0 Å². The van der Waals surface area contributed by atoms with E-state index in [9.17, 15) is 13.6 Å². The van der Waals surface area contributed by atoms with Crippen LogP contribution in [0.2, 0.25) is 0 Å². The second-order valence-electron chi connectivity index (χ2n) is 5.78. The first kappa shape index (κ1) is 18.6. The molecule has 0 spiro atoms. The Morgan fingerprint density at radius 1 is 1.04 bits per heavy atom. The number of amides is 2. The van der Waals surface area contributed by atoms with Gasteiger partial charge in [0.25, 0.3) is 0 Å². The normalized spacial score (nSPS) is 14.1. The van der Waals surface area contributed by atoms with Gasteiger partial charge in [0.2, 0.25) is 17.7 Å². The SMILES string of the molecule is COc1cc(OC)nc(N2CCN(C(=O)Nc3ccc(F)cc3F)CC2)n1. The fraction of sp³-hybridized carbons (Fsp3) is 0.353. The quantitative estimate of drug-likeness (QED) is 0.877. The van der Waals surface area contributed by atoms with Crippen LogP contribution in [0.3, 0.4) is 0 Å². The van der Waals surface area contributed by atoms with Crippen molar-refractivity contribution in [2.24, 2.45) is 0 Å². The predicted molar refractivity (Wildman–Crippen MR) is 94.3 cm³/mol. The van der Waals surface area contributed by atoms with E-state index in [-0.39, 0.29) is 5.69 Å². The Bertz CT molecular complexity index is 806. The van der Waals surface area contributed by atoms with Crippen molar-refractivity contribution in [3.63, 3.8) is 0 Å². The van der Waals surface area contributed by atoms with Gasteiger partial charge in [0, 0.05) is 32.2 Å². The van der Waals surface area contributed by atoms with Gasteiger partial charge in [-0.05, 0) is 12.1 Å². The topological polar surface area (TPSA) is 79.8 Å². The number of aromatic nitrogens is 2. The average molecular weight is 379 g/mol. The summed E-state index contributed by atoms with van der Waals surface area (Å²) < 4.78 is 36.9. The van der Waals surface area contributed by atoms with Gasteiger partial charge in [0.15, 0.2) is 0 Å². The minimum atomic E-state index is -0.820. The summed E-state index contributed by atoms with van der Waals surface area (Å²) in [6, 6.07) is 4.12. The molecule has 1 aliphatic rings. The molecule has 0 radical (unpaired) electrons. The highest BCUT2D eigenvalue weighted by molar-refractivity contribution is 5.89. The molecule has 2 amide bonds. The molecule has 0 aliphatic carbocycles. The summed E-state index contributed by atoms with van der Waals surface area (Å²) in [5.74, 6) is -0.324. The van der Waals surface area contributed by atoms with Crippen molar-refractivity contribution in [2.75, 3.05) is 50.6 Å². The lowest BCUT2D eigenvalue weighted by Crippen LogP contribution is -2.50. The molecule has 1 saturated heterocycles. The molecular formula is C17H19F2N5O3. The zero-order chi connectivity index (χ0) is 19.4. The van der Waals surface area contributed by atoms with Crippen molar-refractivity contribution in [2.45, 2.75) is 0 Å². The molecule has 10 heteroatoms. The van der Waals surface area contributed by atoms with E-state index in [4.69, 9.17) is 9.47 Å². The Morgan fingerprint density at radius 2 is 1.67 bits per heavy atom. The van der Waals surface area contributed by atoms with Crippen molar-refractivity contribution in [1.82, 2.24) is 14.9 Å². The van der Waals surface area contributed by atoms with Gasteiger partial charge in [-0.2, -0.15) is 9.97 Å². The van der Waals surface area contributed by atoms with Crippen LogP contribution in [0.1, 0.15) is 0 Å². The van der Waals surface area contributed by atoms with Crippen LogP contribution < -0.4 is 19.7 Å². The number of methoxy groups -OCH3 is 2. The van der Waals surface area contributed by atoms with Crippen LogP contribution in [-0.2, 0) is 0 Å². The first-order valence-corrected chi connectivity index (χ1v) is 8.23. The van der Waals surface area contributed by atoms with E-state index in [1.807, 2.05) is 4.90 Å². The Kier molecular flexibility index (Phi) is 5.53. The van der Waals surface area contributed by atoms with E-state index in [1.165, 1.54) is 25.2 Å². The summed E-state index contributed by atoms with van der Waals surface area (Å²) in [6.45, 7) is 1.74. The molecule has 3 rings (SSSR count). The van der Waals surface area contributed by atoms with Crippen LogP contribution >= 0.6 is 0 Å². The largest absolute Gasteiger partial charge is 0.481 e. The third-order valence-corrected chi connectivity index (χ3v) is 4.11. The van der Waals surface area contributed by atoms with E-state index >= 15 is 0 Å². The van der Waals surface area contributed by atoms with Crippen LogP contribution in [-0.4, -0.2) is 61.3 Å². The molecule has 0 saturated carbocycles. The van der Waals surface area contributed by atoms with E-state index < -0.39 is 17.7 Å². The first-order chi connectivity index (χ1) is 13.0. The molecule has 8 nitrogen and oxygen atoms in total. The average Bonchev–Trinajstić information content (AvgIpc) is 2.69. The third-order valence-electron chi connectivity index (χ3n) is 4.11. The summed E-state index contributed by atoms with van der Waals surface area (Å²) in [5.41, 5.74) is -0.0651. The number of piperazine rings is 1. The number of hydrogen-bond donors (Lipinski definition) is 1. The summed E-state index contributed by atoms with van der Waals surface area (Å²) >= 11 is 0. The monoisotopic (exact) mass is 379 g/mol. The van der Waals surface area contributed by atoms with Gasteiger partial charge in [-0.1, -0.05) is 0 Å². The molecule has 0 unspecified atom stereocenters. The lowest BCUT2D eigenvalue weighted by Gasteiger charge is -2.34. The Hall–Kier alpha value is -3.17. The minimum absolute atomic E-state index is 0.0651. The summed E-state index contributed by atoms with van der Waals surface area (Å²) in [4.78, 5) is 24.3. The maximum Gasteiger partial charge on any atom is 0.322 e. The third kappa shape index (κ3) is 4.33. The smallest absolute Gasteiger partial charge is 0.322 e. The second kappa shape index (κ2) is 8.02. The molecule has 0 bridgehead atoms. The molecule has 1 N–H and O–H groups in total. The van der Waals surface area contributed by atoms with Crippen molar-refractivity contribution in [3.05, 3.63) is 35.9 Å². The van der Waals surface area contributed by atoms with Crippen molar-refractivity contribution in [3.8, 4) is 11.8 Å². The fourth-order valence-corrected chi connectivity index (χ4v) is 2.64. The van der Waals surface area contributed by atoms with E-state index in [1.54, 1.807) is 6.07 Å². The Morgan fingerprint density at radius 3 is 2.22 bits per heavy atom. The fourth-order valence-electron chi connectivity index (χ4n) is 2.64. The van der Waals surface area contributed by atoms with E-state index in [2.05, 4.69) is 15.3 Å². The number of carbonyl (C=O) groups excluding carboxylic acids is 1. The molecule has 27 heavy (non-hydrogen) atoms. The highest BCUT2D eigenvalue weighted by Crippen LogP contribution is 2.21. The number of nitrogens with one attached hydrogen (secondary N) is 1. The predicted octanol–water partition coefficient (Wildman–Crippen LogP) is 2.13. The van der Waals surface area contributed by atoms with Gasteiger partial charge in [0.05, 0.1) is 26.0 Å². The van der Waals surface area contributed by atoms with Gasteiger partial charge in [-0.3, -0.25) is 0 Å². The number of hydrogen-bond acceptors (Lipinski definition) is 6. The maximum atomic E-state index is 13.7. The van der Waals surface area contributed by atoms with Gasteiger partial charge < -0.3 is 24.6 Å². The number of rotatable bonds is 4. The lowest BCUT2D eigenvalue weighted by atomic mass is 10.3. The molecule has 144 valence electrons. The first-order valence-electron chi connectivity index (χ1n) is 8.23. The van der Waals surface area contributed by atoms with E-state index in [0.29, 0.717) is 43.9 Å². The molecule has 0 atom stereocenters. The maximum absolute atomic E-state index is 13.7. The number of nitrogens with zero attached hydrogens (tertiary/aromatic N) is 4. The van der Waals surface area contributed by atoms with Crippen LogP contribution in [0.4, 0.5) is 25.2 Å². The Labute approximate surface area is 154 Å². The second-order valence-corrected chi connectivity index (χ2v) is 5.78. The number of carbonyl (C=O) groups is 1. The zero-order valence-corrected chi connectivity index (χ0v) is 14.9. The van der Waals surface area contributed by atoms with Crippen LogP contribution in [0, 0.1) is 11.6 Å². The van der Waals surface area contributed by atoms with Crippen LogP contribution in [0.15, 0.2) is 24.3 Å². The van der Waals surface area contributed by atoms with Crippen LogP contribution in [0.5, 0.6) is 11.8 Å². The number of urea groups is 1. The molecular weight excluding hydrogens is 360 g/mol. The van der Waals surface area contributed by atoms with Crippen molar-refractivity contribution in [1.29, 1.82) is 0 Å². The van der Waals surface area contributed by atoms with Gasteiger partial charge in [0.1, 0.15) is 11.6 Å². The number of halogens is 2. The summed E-state index contributed by atoms with van der Waals surface area (Å²) in [7, 11) is 3.00. The summed E-state index contributed by atoms with van der Waals surface area (Å²) in [5, 5.41) is 2.45. The molecule has 1 aromatic carbocycles. The van der Waals surface area contributed by atoms with Crippen molar-refractivity contribution < 1.29 is 23.0 Å². The Balaban J connectivity index is 1.62. The van der Waals surface area contributed by atoms with E-state index in [0.717, 1.165) is 12.1 Å². The van der Waals surface area contributed by atoms with Crippen molar-refractivity contribution >= 4 is 17.7 Å². The molecule has 1 aromatic heterocycles. The van der Waals surface area contributed by atoms with Gasteiger partial charge >= 0.3 is 6.03 Å². The number of anilines is 2. The standard InChI is InChI=1S/C17H19F2N5O3/c1-26-14-10-15(27-2)22-16(21-14)23-5-7-24(8-6-23)17(25)20-13-4-3-11(18)9-12(13)19/h3-4,9-10H,5-8H2,1-2H3,(H,20,25). The highest BCUT2D eigenvalue weighted by atomic mass is 19.1. The number of ether oxygens (including phenoxy) is 2. The summed E-state index contributed by atoms with van der Waals surface area (Å²) in [6.07, 6.45) is 0. The molecule has 1 fully saturated rings. The molecule has 1 aliphatic heterocycles. The highest BCUT2D eigenvalue weighted by Gasteiger charge is 2.24. The van der Waals surface area contributed by atoms with Gasteiger partial charge in [-0.25, -0.2) is 13.6 Å². The lowest BCUT2D eigenvalue weighted by molar-refractivity contribution is 0.207. The minimum Gasteiger partial charge on any atom is -0.481 e. The van der Waals surface area contributed by atoms with Crippen LogP contribution in [0.25, 0.3) is 0 Å².